The summed E-state index contributed by atoms with van der Waals surface area (Å²) < 4.78 is 5.11. The lowest BCUT2D eigenvalue weighted by atomic mass is 9.91. The molecule has 19 heavy (non-hydrogen) atoms. The Labute approximate surface area is 114 Å². The summed E-state index contributed by atoms with van der Waals surface area (Å²) in [4.78, 5) is 14.5. The van der Waals surface area contributed by atoms with Crippen molar-refractivity contribution in [1.82, 2.24) is 4.90 Å². The van der Waals surface area contributed by atoms with Crippen molar-refractivity contribution in [2.45, 2.75) is 32.7 Å². The Morgan fingerprint density at radius 2 is 2.16 bits per heavy atom. The van der Waals surface area contributed by atoms with Crippen LogP contribution >= 0.6 is 0 Å². The van der Waals surface area contributed by atoms with E-state index in [1.54, 1.807) is 25.3 Å². The molecule has 0 bridgehead atoms. The van der Waals surface area contributed by atoms with Crippen LogP contribution in [0.4, 0.5) is 5.69 Å². The van der Waals surface area contributed by atoms with Crippen molar-refractivity contribution < 1.29 is 9.53 Å². The van der Waals surface area contributed by atoms with Crippen molar-refractivity contribution in [3.63, 3.8) is 0 Å². The second kappa shape index (κ2) is 5.51. The van der Waals surface area contributed by atoms with E-state index in [9.17, 15) is 4.79 Å². The van der Waals surface area contributed by atoms with Crippen LogP contribution in [0.1, 0.15) is 37.0 Å². The Morgan fingerprint density at radius 3 is 2.79 bits per heavy atom. The molecule has 2 unspecified atom stereocenters. The fraction of sp³-hybridized carbons (Fsp3) is 0.533. The number of carbonyl (C=O) groups excluding carboxylic acids is 1. The van der Waals surface area contributed by atoms with Crippen molar-refractivity contribution in [2.75, 3.05) is 19.4 Å². The lowest BCUT2D eigenvalue weighted by molar-refractivity contribution is 0.0552. The van der Waals surface area contributed by atoms with Gasteiger partial charge in [-0.3, -0.25) is 4.79 Å². The van der Waals surface area contributed by atoms with Crippen molar-refractivity contribution in [2.24, 2.45) is 5.92 Å². The van der Waals surface area contributed by atoms with Gasteiger partial charge >= 0.3 is 0 Å². The monoisotopic (exact) mass is 262 g/mol. The van der Waals surface area contributed by atoms with Crippen LogP contribution in [0.2, 0.25) is 0 Å². The van der Waals surface area contributed by atoms with E-state index in [0.29, 0.717) is 22.9 Å². The lowest BCUT2D eigenvalue weighted by Crippen LogP contribution is -2.46. The van der Waals surface area contributed by atoms with Gasteiger partial charge in [-0.2, -0.15) is 0 Å². The summed E-state index contributed by atoms with van der Waals surface area (Å²) in [6.45, 7) is 5.12. The summed E-state index contributed by atoms with van der Waals surface area (Å²) in [6, 6.07) is 5.50. The molecular formula is C15H22N2O2. The highest BCUT2D eigenvalue weighted by Crippen LogP contribution is 2.27. The lowest BCUT2D eigenvalue weighted by Gasteiger charge is -2.38. The largest absolute Gasteiger partial charge is 0.497 e. The zero-order valence-electron chi connectivity index (χ0n) is 11.8. The zero-order chi connectivity index (χ0) is 14.0. The molecule has 1 saturated heterocycles. The SMILES string of the molecule is COc1ccc(C(=O)N2CCCC(C)C2C)c(N)c1. The molecule has 1 amide bonds. The summed E-state index contributed by atoms with van der Waals surface area (Å²) in [6.07, 6.45) is 2.25. The normalized spacial score (nSPS) is 23.2. The number of likely N-dealkylation sites (tertiary alicyclic amines) is 1. The summed E-state index contributed by atoms with van der Waals surface area (Å²) in [5.74, 6) is 1.24. The van der Waals surface area contributed by atoms with Gasteiger partial charge in [0.1, 0.15) is 5.75 Å². The number of carbonyl (C=O) groups is 1. The van der Waals surface area contributed by atoms with Crippen LogP contribution in [0.25, 0.3) is 0 Å². The van der Waals surface area contributed by atoms with E-state index in [4.69, 9.17) is 10.5 Å². The zero-order valence-corrected chi connectivity index (χ0v) is 11.8. The van der Waals surface area contributed by atoms with Crippen LogP contribution in [-0.4, -0.2) is 30.5 Å². The molecule has 2 atom stereocenters. The average molecular weight is 262 g/mol. The average Bonchev–Trinajstić information content (AvgIpc) is 2.41. The highest BCUT2D eigenvalue weighted by Gasteiger charge is 2.29. The maximum atomic E-state index is 12.6. The molecule has 0 spiro atoms. The smallest absolute Gasteiger partial charge is 0.256 e. The number of hydrogen-bond acceptors (Lipinski definition) is 3. The Kier molecular flexibility index (Phi) is 3.98. The topological polar surface area (TPSA) is 55.6 Å². The molecule has 0 aliphatic carbocycles. The number of benzene rings is 1. The first-order chi connectivity index (χ1) is 9.04. The number of ether oxygens (including phenoxy) is 1. The highest BCUT2D eigenvalue weighted by molar-refractivity contribution is 5.99. The van der Waals surface area contributed by atoms with Gasteiger partial charge in [0.15, 0.2) is 0 Å². The van der Waals surface area contributed by atoms with Crippen LogP contribution in [0.15, 0.2) is 18.2 Å². The van der Waals surface area contributed by atoms with Gasteiger partial charge in [0.25, 0.3) is 5.91 Å². The first-order valence-electron chi connectivity index (χ1n) is 6.79. The van der Waals surface area contributed by atoms with E-state index < -0.39 is 0 Å². The van der Waals surface area contributed by atoms with Gasteiger partial charge in [-0.05, 0) is 37.8 Å². The summed E-state index contributed by atoms with van der Waals surface area (Å²) in [7, 11) is 1.59. The number of nitrogens with zero attached hydrogens (tertiary/aromatic N) is 1. The number of piperidine rings is 1. The van der Waals surface area contributed by atoms with Gasteiger partial charge in [0, 0.05) is 24.3 Å². The molecule has 0 saturated carbocycles. The van der Waals surface area contributed by atoms with E-state index in [1.165, 1.54) is 6.42 Å². The van der Waals surface area contributed by atoms with E-state index in [1.807, 2.05) is 4.90 Å². The molecule has 2 rings (SSSR count). The van der Waals surface area contributed by atoms with Gasteiger partial charge < -0.3 is 15.4 Å². The number of methoxy groups -OCH3 is 1. The maximum absolute atomic E-state index is 12.6. The number of amides is 1. The van der Waals surface area contributed by atoms with Crippen molar-refractivity contribution in [1.29, 1.82) is 0 Å². The predicted octanol–water partition coefficient (Wildman–Crippen LogP) is 2.54. The second-order valence-electron chi connectivity index (χ2n) is 5.31. The molecule has 1 aromatic carbocycles. The molecule has 104 valence electrons. The van der Waals surface area contributed by atoms with Crippen LogP contribution in [0.5, 0.6) is 5.75 Å². The van der Waals surface area contributed by atoms with Crippen LogP contribution in [0.3, 0.4) is 0 Å². The molecule has 2 N–H and O–H groups in total. The Hall–Kier alpha value is -1.71. The Morgan fingerprint density at radius 1 is 1.42 bits per heavy atom. The molecule has 1 heterocycles. The Balaban J connectivity index is 2.24. The fourth-order valence-corrected chi connectivity index (χ4v) is 2.64. The molecule has 0 aromatic heterocycles. The number of hydrogen-bond donors (Lipinski definition) is 1. The van der Waals surface area contributed by atoms with Gasteiger partial charge in [-0.1, -0.05) is 6.92 Å². The van der Waals surface area contributed by atoms with E-state index in [0.717, 1.165) is 13.0 Å². The van der Waals surface area contributed by atoms with E-state index in [-0.39, 0.29) is 11.9 Å². The maximum Gasteiger partial charge on any atom is 0.256 e. The third-order valence-electron chi connectivity index (χ3n) is 4.12. The fourth-order valence-electron chi connectivity index (χ4n) is 2.64. The first kappa shape index (κ1) is 13.7. The summed E-state index contributed by atoms with van der Waals surface area (Å²) in [5, 5.41) is 0. The van der Waals surface area contributed by atoms with Crippen molar-refractivity contribution in [3.05, 3.63) is 23.8 Å². The molecule has 1 fully saturated rings. The van der Waals surface area contributed by atoms with Crippen LogP contribution in [0, 0.1) is 5.92 Å². The minimum Gasteiger partial charge on any atom is -0.497 e. The van der Waals surface area contributed by atoms with Gasteiger partial charge in [0.05, 0.1) is 12.7 Å². The minimum atomic E-state index is 0.0270. The Bertz CT molecular complexity index is 473. The number of nitrogen functional groups attached to an aromatic ring is 1. The van der Waals surface area contributed by atoms with Crippen molar-refractivity contribution >= 4 is 11.6 Å². The third kappa shape index (κ3) is 2.67. The van der Waals surface area contributed by atoms with Gasteiger partial charge in [0.2, 0.25) is 0 Å². The van der Waals surface area contributed by atoms with Gasteiger partial charge in [-0.15, -0.1) is 0 Å². The second-order valence-corrected chi connectivity index (χ2v) is 5.31. The molecule has 1 aliphatic heterocycles. The third-order valence-corrected chi connectivity index (χ3v) is 4.12. The minimum absolute atomic E-state index is 0.0270. The summed E-state index contributed by atoms with van der Waals surface area (Å²) >= 11 is 0. The van der Waals surface area contributed by atoms with Crippen LogP contribution in [-0.2, 0) is 0 Å². The van der Waals surface area contributed by atoms with E-state index in [2.05, 4.69) is 13.8 Å². The molecule has 0 radical (unpaired) electrons. The van der Waals surface area contributed by atoms with E-state index >= 15 is 0 Å². The van der Waals surface area contributed by atoms with Gasteiger partial charge in [-0.25, -0.2) is 0 Å². The first-order valence-corrected chi connectivity index (χ1v) is 6.79. The van der Waals surface area contributed by atoms with Crippen LogP contribution < -0.4 is 10.5 Å². The highest BCUT2D eigenvalue weighted by atomic mass is 16.5. The number of nitrogens with two attached hydrogens (primary N) is 1. The van der Waals surface area contributed by atoms with Crippen molar-refractivity contribution in [3.8, 4) is 5.75 Å². The molecule has 4 nitrogen and oxygen atoms in total. The molecule has 1 aliphatic rings. The number of rotatable bonds is 2. The standard InChI is InChI=1S/C15H22N2O2/c1-10-5-4-8-17(11(10)2)15(18)13-7-6-12(19-3)9-14(13)16/h6-7,9-11H,4-5,8,16H2,1-3H3. The predicted molar refractivity (Wildman–Crippen MR) is 76.3 cm³/mol. The quantitative estimate of drug-likeness (QED) is 0.833. The summed E-state index contributed by atoms with van der Waals surface area (Å²) in [5.41, 5.74) is 7.01. The molecule has 1 aromatic rings. The molecule has 4 heteroatoms. The molecular weight excluding hydrogens is 240 g/mol. The number of anilines is 1.